The lowest BCUT2D eigenvalue weighted by Crippen LogP contribution is -2.46. The molecule has 0 saturated carbocycles. The highest BCUT2D eigenvalue weighted by atomic mass is 16.1. The maximum atomic E-state index is 12.2. The van der Waals surface area contributed by atoms with Crippen molar-refractivity contribution in [1.82, 2.24) is 9.13 Å². The molecule has 2 aromatic carbocycles. The number of imidazole rings is 1. The van der Waals surface area contributed by atoms with Crippen molar-refractivity contribution in [3.05, 3.63) is 52.9 Å². The number of aryl methyl sites for hydroxylation is 2. The van der Waals surface area contributed by atoms with Crippen LogP contribution < -0.4 is 21.2 Å². The Kier molecular flexibility index (Phi) is 3.67. The van der Waals surface area contributed by atoms with E-state index >= 15 is 0 Å². The van der Waals surface area contributed by atoms with E-state index in [1.165, 1.54) is 5.69 Å². The number of hydrogen-bond donors (Lipinski definition) is 1. The summed E-state index contributed by atoms with van der Waals surface area (Å²) >= 11 is 0. The van der Waals surface area contributed by atoms with Crippen molar-refractivity contribution in [2.24, 2.45) is 14.1 Å². The highest BCUT2D eigenvalue weighted by molar-refractivity contribution is 5.88. The zero-order chi connectivity index (χ0) is 17.6. The number of fused-ring (bicyclic) bond motifs is 1. The molecule has 1 saturated heterocycles. The molecule has 1 aliphatic rings. The van der Waals surface area contributed by atoms with Gasteiger partial charge < -0.3 is 15.5 Å². The lowest BCUT2D eigenvalue weighted by Gasteiger charge is -2.37. The molecule has 0 aliphatic carbocycles. The molecule has 2 heterocycles. The first-order valence-corrected chi connectivity index (χ1v) is 8.56. The van der Waals surface area contributed by atoms with Crippen LogP contribution in [-0.4, -0.2) is 35.3 Å². The van der Waals surface area contributed by atoms with Crippen LogP contribution in [0.3, 0.4) is 0 Å². The molecule has 3 aromatic rings. The van der Waals surface area contributed by atoms with Crippen molar-refractivity contribution in [2.75, 3.05) is 41.7 Å². The quantitative estimate of drug-likeness (QED) is 0.724. The van der Waals surface area contributed by atoms with Crippen LogP contribution in [-0.2, 0) is 14.1 Å². The highest BCUT2D eigenvalue weighted by Crippen LogP contribution is 2.30. The molecule has 1 aromatic heterocycles. The van der Waals surface area contributed by atoms with Gasteiger partial charge in [-0.1, -0.05) is 18.2 Å². The number of rotatable bonds is 2. The van der Waals surface area contributed by atoms with Crippen LogP contribution >= 0.6 is 0 Å². The topological polar surface area (TPSA) is 59.4 Å². The molecule has 0 spiro atoms. The van der Waals surface area contributed by atoms with E-state index in [-0.39, 0.29) is 5.69 Å². The van der Waals surface area contributed by atoms with E-state index in [0.717, 1.165) is 48.6 Å². The fourth-order valence-corrected chi connectivity index (χ4v) is 3.67. The summed E-state index contributed by atoms with van der Waals surface area (Å²) in [6.07, 6.45) is 0. The molecule has 0 atom stereocenters. The predicted molar refractivity (Wildman–Crippen MR) is 103 cm³/mol. The molecule has 25 heavy (non-hydrogen) atoms. The Hall–Kier alpha value is -2.89. The maximum Gasteiger partial charge on any atom is 0.328 e. The van der Waals surface area contributed by atoms with Gasteiger partial charge in [-0.3, -0.25) is 9.13 Å². The van der Waals surface area contributed by atoms with Gasteiger partial charge in [-0.15, -0.1) is 0 Å². The van der Waals surface area contributed by atoms with E-state index in [0.29, 0.717) is 0 Å². The molecule has 1 fully saturated rings. The van der Waals surface area contributed by atoms with Crippen LogP contribution in [0, 0.1) is 0 Å². The molecule has 6 heteroatoms. The average molecular weight is 337 g/mol. The number of benzene rings is 2. The van der Waals surface area contributed by atoms with Gasteiger partial charge in [-0.25, -0.2) is 4.79 Å². The molecule has 4 rings (SSSR count). The highest BCUT2D eigenvalue weighted by Gasteiger charge is 2.20. The van der Waals surface area contributed by atoms with Crippen molar-refractivity contribution >= 4 is 28.1 Å². The number of aromatic nitrogens is 2. The minimum atomic E-state index is -0.0274. The monoisotopic (exact) mass is 337 g/mol. The van der Waals surface area contributed by atoms with Gasteiger partial charge in [0.05, 0.1) is 22.4 Å². The Bertz CT molecular complexity index is 965. The summed E-state index contributed by atoms with van der Waals surface area (Å²) in [5.41, 5.74) is 11.1. The van der Waals surface area contributed by atoms with Gasteiger partial charge in [-0.05, 0) is 24.3 Å². The Morgan fingerprint density at radius 3 is 2.04 bits per heavy atom. The van der Waals surface area contributed by atoms with E-state index < -0.39 is 0 Å². The first-order valence-electron chi connectivity index (χ1n) is 8.56. The minimum Gasteiger partial charge on any atom is -0.397 e. The number of hydrogen-bond acceptors (Lipinski definition) is 4. The predicted octanol–water partition coefficient (Wildman–Crippen LogP) is 1.79. The van der Waals surface area contributed by atoms with Crippen LogP contribution in [0.1, 0.15) is 0 Å². The number of nitrogens with two attached hydrogens (primary N) is 1. The number of para-hydroxylation sites is 1. The third-order valence-corrected chi connectivity index (χ3v) is 5.16. The summed E-state index contributed by atoms with van der Waals surface area (Å²) < 4.78 is 3.32. The van der Waals surface area contributed by atoms with Gasteiger partial charge in [-0.2, -0.15) is 0 Å². The van der Waals surface area contributed by atoms with Crippen molar-refractivity contribution in [3.8, 4) is 0 Å². The number of nitrogen functional groups attached to an aromatic ring is 1. The van der Waals surface area contributed by atoms with E-state index in [9.17, 15) is 4.79 Å². The van der Waals surface area contributed by atoms with Crippen LogP contribution in [0.25, 0.3) is 11.0 Å². The van der Waals surface area contributed by atoms with Crippen LogP contribution in [0.5, 0.6) is 0 Å². The van der Waals surface area contributed by atoms with Crippen molar-refractivity contribution in [3.63, 3.8) is 0 Å². The Morgan fingerprint density at radius 2 is 1.40 bits per heavy atom. The molecule has 0 amide bonds. The largest absolute Gasteiger partial charge is 0.397 e. The summed E-state index contributed by atoms with van der Waals surface area (Å²) in [4.78, 5) is 16.9. The van der Waals surface area contributed by atoms with E-state index in [4.69, 9.17) is 5.73 Å². The second-order valence-electron chi connectivity index (χ2n) is 6.61. The van der Waals surface area contributed by atoms with Gasteiger partial charge in [0, 0.05) is 46.0 Å². The van der Waals surface area contributed by atoms with Crippen molar-refractivity contribution in [2.45, 2.75) is 0 Å². The standard InChI is InChI=1S/C19H23N5O/c1-21-17-12-15(20)16(13-18(17)22(2)19(21)25)24-10-8-23(9-11-24)14-6-4-3-5-7-14/h3-7,12-13H,8-11,20H2,1-2H3. The van der Waals surface area contributed by atoms with Crippen LogP contribution in [0.4, 0.5) is 17.1 Å². The van der Waals surface area contributed by atoms with E-state index in [1.807, 2.05) is 18.2 Å². The summed E-state index contributed by atoms with van der Waals surface area (Å²) in [5, 5.41) is 0. The second kappa shape index (κ2) is 5.88. The van der Waals surface area contributed by atoms with Crippen LogP contribution in [0.15, 0.2) is 47.3 Å². The Labute approximate surface area is 146 Å². The molecule has 0 unspecified atom stereocenters. The third kappa shape index (κ3) is 2.54. The molecule has 6 nitrogen and oxygen atoms in total. The summed E-state index contributed by atoms with van der Waals surface area (Å²) in [6, 6.07) is 14.4. The molecular formula is C19H23N5O. The van der Waals surface area contributed by atoms with Crippen molar-refractivity contribution in [1.29, 1.82) is 0 Å². The lowest BCUT2D eigenvalue weighted by atomic mass is 10.1. The van der Waals surface area contributed by atoms with Gasteiger partial charge in [0.1, 0.15) is 0 Å². The fraction of sp³-hybridized carbons (Fsp3) is 0.316. The summed E-state index contributed by atoms with van der Waals surface area (Å²) in [7, 11) is 3.58. The smallest absolute Gasteiger partial charge is 0.328 e. The summed E-state index contributed by atoms with van der Waals surface area (Å²) in [5.74, 6) is 0. The summed E-state index contributed by atoms with van der Waals surface area (Å²) in [6.45, 7) is 3.72. The number of piperazine rings is 1. The number of anilines is 3. The minimum absolute atomic E-state index is 0.0274. The first-order chi connectivity index (χ1) is 12.1. The van der Waals surface area contributed by atoms with Gasteiger partial charge >= 0.3 is 5.69 Å². The number of nitrogens with zero attached hydrogens (tertiary/aromatic N) is 4. The molecule has 0 bridgehead atoms. The zero-order valence-electron chi connectivity index (χ0n) is 14.6. The molecule has 1 aliphatic heterocycles. The maximum absolute atomic E-state index is 12.2. The van der Waals surface area contributed by atoms with E-state index in [1.54, 1.807) is 23.2 Å². The SMILES string of the molecule is Cn1c(=O)n(C)c2cc(N3CCN(c4ccccc4)CC3)c(N)cc21. The Morgan fingerprint density at radius 1 is 0.840 bits per heavy atom. The lowest BCUT2D eigenvalue weighted by molar-refractivity contribution is 0.654. The first kappa shape index (κ1) is 15.6. The molecular weight excluding hydrogens is 314 g/mol. The molecule has 130 valence electrons. The zero-order valence-corrected chi connectivity index (χ0v) is 14.6. The second-order valence-corrected chi connectivity index (χ2v) is 6.61. The normalized spacial score (nSPS) is 15.1. The van der Waals surface area contributed by atoms with Crippen LogP contribution in [0.2, 0.25) is 0 Å². The Balaban J connectivity index is 1.62. The fourth-order valence-electron chi connectivity index (χ4n) is 3.67. The molecule has 2 N–H and O–H groups in total. The third-order valence-electron chi connectivity index (χ3n) is 5.16. The van der Waals surface area contributed by atoms with Gasteiger partial charge in [0.25, 0.3) is 0 Å². The average Bonchev–Trinajstić information content (AvgIpc) is 2.86. The molecule has 0 radical (unpaired) electrons. The van der Waals surface area contributed by atoms with Crippen molar-refractivity contribution < 1.29 is 0 Å². The van der Waals surface area contributed by atoms with E-state index in [2.05, 4.69) is 34.1 Å². The van der Waals surface area contributed by atoms with Gasteiger partial charge in [0.15, 0.2) is 0 Å². The van der Waals surface area contributed by atoms with Gasteiger partial charge in [0.2, 0.25) is 0 Å².